The van der Waals surface area contributed by atoms with Crippen molar-refractivity contribution in [1.29, 1.82) is 0 Å². The van der Waals surface area contributed by atoms with E-state index in [0.29, 0.717) is 18.1 Å². The van der Waals surface area contributed by atoms with E-state index in [1.54, 1.807) is 0 Å². The molecule has 2 heteroatoms. The molecule has 1 unspecified atom stereocenters. The Morgan fingerprint density at radius 3 is 2.56 bits per heavy atom. The van der Waals surface area contributed by atoms with Crippen LogP contribution < -0.4 is 5.73 Å². The van der Waals surface area contributed by atoms with E-state index in [2.05, 4.69) is 13.8 Å². The van der Waals surface area contributed by atoms with Crippen LogP contribution in [0.15, 0.2) is 0 Å². The zero-order chi connectivity index (χ0) is 6.91. The molecule has 1 aliphatic rings. The van der Waals surface area contributed by atoms with Gasteiger partial charge in [-0.2, -0.15) is 0 Å². The van der Waals surface area contributed by atoms with Crippen LogP contribution in [0.4, 0.5) is 0 Å². The summed E-state index contributed by atoms with van der Waals surface area (Å²) in [6.07, 6.45) is 1.43. The molecule has 9 heavy (non-hydrogen) atoms. The van der Waals surface area contributed by atoms with Crippen LogP contribution in [0.3, 0.4) is 0 Å². The maximum absolute atomic E-state index is 5.43. The Labute approximate surface area is 56.4 Å². The standard InChI is InChI=1S/C7H15NO/c1-7(2)3-6(4-8)9-5-7/h6H,3-5,8H2,1-2H3. The van der Waals surface area contributed by atoms with Crippen molar-refractivity contribution >= 4 is 0 Å². The molecule has 0 aromatic carbocycles. The molecule has 0 aliphatic carbocycles. The van der Waals surface area contributed by atoms with Crippen LogP contribution in [0, 0.1) is 5.41 Å². The molecule has 1 fully saturated rings. The largest absolute Gasteiger partial charge is 0.376 e. The second kappa shape index (κ2) is 2.27. The Bertz CT molecular complexity index is 101. The van der Waals surface area contributed by atoms with Crippen molar-refractivity contribution in [3.05, 3.63) is 0 Å². The van der Waals surface area contributed by atoms with Gasteiger partial charge in [0.25, 0.3) is 0 Å². The minimum atomic E-state index is 0.319. The number of hydrogen-bond donors (Lipinski definition) is 1. The van der Waals surface area contributed by atoms with Gasteiger partial charge in [-0.1, -0.05) is 13.8 Å². The van der Waals surface area contributed by atoms with E-state index in [1.165, 1.54) is 0 Å². The molecule has 54 valence electrons. The van der Waals surface area contributed by atoms with Crippen LogP contribution in [0.2, 0.25) is 0 Å². The lowest BCUT2D eigenvalue weighted by Gasteiger charge is -2.12. The zero-order valence-electron chi connectivity index (χ0n) is 6.18. The van der Waals surface area contributed by atoms with Crippen molar-refractivity contribution in [1.82, 2.24) is 0 Å². The number of hydrogen-bond acceptors (Lipinski definition) is 2. The molecule has 0 saturated carbocycles. The molecule has 2 nitrogen and oxygen atoms in total. The second-order valence-corrected chi connectivity index (χ2v) is 3.54. The van der Waals surface area contributed by atoms with Gasteiger partial charge < -0.3 is 10.5 Å². The van der Waals surface area contributed by atoms with E-state index in [4.69, 9.17) is 10.5 Å². The molecule has 0 aromatic rings. The fourth-order valence-electron chi connectivity index (χ4n) is 1.23. The van der Waals surface area contributed by atoms with Gasteiger partial charge in [-0.05, 0) is 11.8 Å². The monoisotopic (exact) mass is 129 g/mol. The molecule has 0 radical (unpaired) electrons. The summed E-state index contributed by atoms with van der Waals surface area (Å²) < 4.78 is 5.39. The molecule has 1 rings (SSSR count). The van der Waals surface area contributed by atoms with Crippen LogP contribution in [0.5, 0.6) is 0 Å². The molecule has 2 N–H and O–H groups in total. The van der Waals surface area contributed by atoms with Gasteiger partial charge in [0.15, 0.2) is 0 Å². The molecule has 0 aromatic heterocycles. The highest BCUT2D eigenvalue weighted by molar-refractivity contribution is 4.80. The summed E-state index contributed by atoms with van der Waals surface area (Å²) in [6.45, 7) is 5.96. The molecule has 1 atom stereocenters. The highest BCUT2D eigenvalue weighted by Crippen LogP contribution is 2.30. The highest BCUT2D eigenvalue weighted by atomic mass is 16.5. The highest BCUT2D eigenvalue weighted by Gasteiger charge is 2.30. The number of rotatable bonds is 1. The van der Waals surface area contributed by atoms with E-state index >= 15 is 0 Å². The average Bonchev–Trinajstić information content (AvgIpc) is 2.10. The van der Waals surface area contributed by atoms with Crippen LogP contribution in [-0.2, 0) is 4.74 Å². The molecule has 0 bridgehead atoms. The van der Waals surface area contributed by atoms with Crippen molar-refractivity contribution in [2.24, 2.45) is 11.1 Å². The maximum Gasteiger partial charge on any atom is 0.0703 e. The molecular weight excluding hydrogens is 114 g/mol. The first kappa shape index (κ1) is 7.03. The Balaban J connectivity index is 2.38. The van der Waals surface area contributed by atoms with Crippen molar-refractivity contribution in [3.63, 3.8) is 0 Å². The van der Waals surface area contributed by atoms with Gasteiger partial charge in [-0.3, -0.25) is 0 Å². The minimum Gasteiger partial charge on any atom is -0.376 e. The third-order valence-electron chi connectivity index (χ3n) is 1.75. The van der Waals surface area contributed by atoms with Gasteiger partial charge >= 0.3 is 0 Å². The summed E-state index contributed by atoms with van der Waals surface area (Å²) >= 11 is 0. The fourth-order valence-corrected chi connectivity index (χ4v) is 1.23. The molecule has 1 aliphatic heterocycles. The normalized spacial score (nSPS) is 33.0. The number of ether oxygens (including phenoxy) is 1. The number of nitrogens with two attached hydrogens (primary N) is 1. The van der Waals surface area contributed by atoms with Gasteiger partial charge in [0.05, 0.1) is 12.7 Å². The second-order valence-electron chi connectivity index (χ2n) is 3.54. The van der Waals surface area contributed by atoms with Gasteiger partial charge in [0, 0.05) is 6.54 Å². The van der Waals surface area contributed by atoms with E-state index in [1.807, 2.05) is 0 Å². The summed E-state index contributed by atoms with van der Waals surface area (Å²) in [4.78, 5) is 0. The Morgan fingerprint density at radius 2 is 2.33 bits per heavy atom. The lowest BCUT2D eigenvalue weighted by atomic mass is 9.91. The summed E-state index contributed by atoms with van der Waals surface area (Å²) in [7, 11) is 0. The Kier molecular flexibility index (Phi) is 1.78. The molecule has 0 amide bonds. The quantitative estimate of drug-likeness (QED) is 0.567. The molecule has 1 heterocycles. The van der Waals surface area contributed by atoms with E-state index in [9.17, 15) is 0 Å². The minimum absolute atomic E-state index is 0.319. The van der Waals surface area contributed by atoms with E-state index in [0.717, 1.165) is 13.0 Å². The smallest absolute Gasteiger partial charge is 0.0703 e. The fraction of sp³-hybridized carbons (Fsp3) is 1.00. The van der Waals surface area contributed by atoms with Crippen LogP contribution in [-0.4, -0.2) is 19.3 Å². The molecular formula is C7H15NO. The SMILES string of the molecule is CC1(C)COC(CN)C1. The van der Waals surface area contributed by atoms with Crippen LogP contribution in [0.1, 0.15) is 20.3 Å². The first-order valence-corrected chi connectivity index (χ1v) is 3.46. The molecule has 0 spiro atoms. The zero-order valence-corrected chi connectivity index (χ0v) is 6.18. The van der Waals surface area contributed by atoms with Crippen LogP contribution in [0.25, 0.3) is 0 Å². The average molecular weight is 129 g/mol. The summed E-state index contributed by atoms with van der Waals surface area (Å²) in [5.41, 5.74) is 5.80. The maximum atomic E-state index is 5.43. The van der Waals surface area contributed by atoms with Gasteiger partial charge in [-0.15, -0.1) is 0 Å². The topological polar surface area (TPSA) is 35.2 Å². The van der Waals surface area contributed by atoms with Crippen molar-refractivity contribution in [2.45, 2.75) is 26.4 Å². The summed E-state index contributed by atoms with van der Waals surface area (Å²) in [5.74, 6) is 0. The summed E-state index contributed by atoms with van der Waals surface area (Å²) in [6, 6.07) is 0. The predicted molar refractivity (Wildman–Crippen MR) is 37.2 cm³/mol. The summed E-state index contributed by atoms with van der Waals surface area (Å²) in [5, 5.41) is 0. The first-order chi connectivity index (χ1) is 4.14. The van der Waals surface area contributed by atoms with E-state index in [-0.39, 0.29) is 0 Å². The van der Waals surface area contributed by atoms with Crippen molar-refractivity contribution in [3.8, 4) is 0 Å². The van der Waals surface area contributed by atoms with Crippen molar-refractivity contribution in [2.75, 3.05) is 13.2 Å². The van der Waals surface area contributed by atoms with Gasteiger partial charge in [-0.25, -0.2) is 0 Å². The third kappa shape index (κ3) is 1.66. The van der Waals surface area contributed by atoms with Crippen LogP contribution >= 0.6 is 0 Å². The Hall–Kier alpha value is -0.0800. The van der Waals surface area contributed by atoms with Crippen molar-refractivity contribution < 1.29 is 4.74 Å². The predicted octanol–water partition coefficient (Wildman–Crippen LogP) is 0.760. The third-order valence-corrected chi connectivity index (χ3v) is 1.75. The molecule has 1 saturated heterocycles. The van der Waals surface area contributed by atoms with Gasteiger partial charge in [0.1, 0.15) is 0 Å². The Morgan fingerprint density at radius 1 is 1.67 bits per heavy atom. The van der Waals surface area contributed by atoms with E-state index < -0.39 is 0 Å². The first-order valence-electron chi connectivity index (χ1n) is 3.46. The lowest BCUT2D eigenvalue weighted by Crippen LogP contribution is -2.19. The van der Waals surface area contributed by atoms with Gasteiger partial charge in [0.2, 0.25) is 0 Å². The lowest BCUT2D eigenvalue weighted by molar-refractivity contribution is 0.105.